The molecule has 2 unspecified atom stereocenters. The molecule has 2 bridgehead atoms. The van der Waals surface area contributed by atoms with Crippen LogP contribution in [0, 0.1) is 11.8 Å². The molecule has 3 saturated heterocycles. The third kappa shape index (κ3) is 3.51. The Balaban J connectivity index is 2.03. The van der Waals surface area contributed by atoms with Crippen LogP contribution in [0.2, 0.25) is 0 Å². The lowest BCUT2D eigenvalue weighted by Crippen LogP contribution is -2.58. The maximum Gasteiger partial charge on any atom is 0.246 e. The molecule has 8 nitrogen and oxygen atoms in total. The summed E-state index contributed by atoms with van der Waals surface area (Å²) in [7, 11) is 0. The zero-order valence-corrected chi connectivity index (χ0v) is 18.9. The first kappa shape index (κ1) is 23.0. The van der Waals surface area contributed by atoms with Crippen LogP contribution in [0.15, 0.2) is 0 Å². The average Bonchev–Trinajstić information content (AvgIpc) is 3.26. The highest BCUT2D eigenvalue weighted by Gasteiger charge is 2.78. The lowest BCUT2D eigenvalue weighted by atomic mass is 9.65. The highest BCUT2D eigenvalue weighted by Crippen LogP contribution is 2.64. The Kier molecular flexibility index (Phi) is 6.22. The van der Waals surface area contributed by atoms with Crippen molar-refractivity contribution in [3.05, 3.63) is 0 Å². The Morgan fingerprint density at radius 1 is 1.23 bits per heavy atom. The molecule has 3 amide bonds. The van der Waals surface area contributed by atoms with Crippen molar-refractivity contribution >= 4 is 17.7 Å². The number of carbonyl (C=O) groups is 3. The van der Waals surface area contributed by atoms with Gasteiger partial charge in [-0.3, -0.25) is 14.4 Å². The van der Waals surface area contributed by atoms with Gasteiger partial charge in [-0.2, -0.15) is 0 Å². The van der Waals surface area contributed by atoms with E-state index in [0.29, 0.717) is 32.2 Å². The molecule has 3 N–H and O–H groups in total. The molecule has 3 aliphatic heterocycles. The van der Waals surface area contributed by atoms with E-state index in [-0.39, 0.29) is 30.9 Å². The van der Waals surface area contributed by atoms with E-state index < -0.39 is 34.6 Å². The van der Waals surface area contributed by atoms with E-state index in [1.54, 1.807) is 4.90 Å². The average molecular weight is 424 g/mol. The van der Waals surface area contributed by atoms with Crippen LogP contribution < -0.4 is 10.6 Å². The topological polar surface area (TPSA) is 108 Å². The second-order valence-electron chi connectivity index (χ2n) is 9.97. The van der Waals surface area contributed by atoms with Crippen molar-refractivity contribution in [2.75, 3.05) is 19.7 Å². The smallest absolute Gasteiger partial charge is 0.246 e. The van der Waals surface area contributed by atoms with Crippen molar-refractivity contribution in [2.24, 2.45) is 11.8 Å². The molecule has 8 heteroatoms. The summed E-state index contributed by atoms with van der Waals surface area (Å²) in [6, 6.07) is -0.793. The third-order valence-electron chi connectivity index (χ3n) is 6.82. The standard InChI is InChI=1S/C22H37N3O5/c1-6-11-23-17(27)14-15-19(29)25(12-8-13-26)16(18(28)24-20(3,4)5)22(15)10-9-21(14,7-2)30-22/h14-16,26H,6-13H2,1-5H3,(H,23,27)(H,24,28)/t14-,15-,16?,21+,22?/m0/s1. The maximum atomic E-state index is 13.6. The minimum Gasteiger partial charge on any atom is -0.396 e. The lowest BCUT2D eigenvalue weighted by Gasteiger charge is -2.35. The fourth-order valence-electron chi connectivity index (χ4n) is 5.69. The summed E-state index contributed by atoms with van der Waals surface area (Å²) < 4.78 is 6.62. The summed E-state index contributed by atoms with van der Waals surface area (Å²) in [6.07, 6.45) is 3.03. The normalized spacial score (nSPS) is 34.9. The molecule has 3 heterocycles. The molecule has 0 aromatic heterocycles. The first-order chi connectivity index (χ1) is 14.1. The monoisotopic (exact) mass is 423 g/mol. The Morgan fingerprint density at radius 2 is 1.93 bits per heavy atom. The fourth-order valence-corrected chi connectivity index (χ4v) is 5.69. The van der Waals surface area contributed by atoms with Crippen LogP contribution in [0.4, 0.5) is 0 Å². The van der Waals surface area contributed by atoms with Crippen molar-refractivity contribution in [1.82, 2.24) is 15.5 Å². The van der Waals surface area contributed by atoms with E-state index in [0.717, 1.165) is 6.42 Å². The predicted molar refractivity (Wildman–Crippen MR) is 111 cm³/mol. The van der Waals surface area contributed by atoms with Crippen LogP contribution in [0.3, 0.4) is 0 Å². The molecule has 5 atom stereocenters. The first-order valence-electron chi connectivity index (χ1n) is 11.3. The van der Waals surface area contributed by atoms with E-state index in [1.807, 2.05) is 34.6 Å². The molecule has 3 fully saturated rings. The second kappa shape index (κ2) is 8.11. The zero-order chi connectivity index (χ0) is 22.3. The largest absolute Gasteiger partial charge is 0.396 e. The number of rotatable bonds is 8. The predicted octanol–water partition coefficient (Wildman–Crippen LogP) is 0.965. The van der Waals surface area contributed by atoms with Crippen LogP contribution >= 0.6 is 0 Å². The molecule has 30 heavy (non-hydrogen) atoms. The number of hydrogen-bond donors (Lipinski definition) is 3. The number of likely N-dealkylation sites (tertiary alicyclic amines) is 1. The van der Waals surface area contributed by atoms with Gasteiger partial charge in [0, 0.05) is 25.2 Å². The number of amides is 3. The van der Waals surface area contributed by atoms with Gasteiger partial charge in [-0.05, 0) is 52.9 Å². The highest BCUT2D eigenvalue weighted by atomic mass is 16.5. The summed E-state index contributed by atoms with van der Waals surface area (Å²) in [5.41, 5.74) is -2.16. The number of aliphatic hydroxyl groups is 1. The first-order valence-corrected chi connectivity index (χ1v) is 11.3. The van der Waals surface area contributed by atoms with E-state index in [4.69, 9.17) is 4.74 Å². The number of ether oxygens (including phenoxy) is 1. The van der Waals surface area contributed by atoms with Gasteiger partial charge in [0.05, 0.1) is 17.4 Å². The van der Waals surface area contributed by atoms with E-state index in [9.17, 15) is 19.5 Å². The van der Waals surface area contributed by atoms with Gasteiger partial charge in [0.2, 0.25) is 17.7 Å². The van der Waals surface area contributed by atoms with Crippen LogP contribution in [0.25, 0.3) is 0 Å². The molecule has 0 radical (unpaired) electrons. The molecule has 0 aromatic rings. The summed E-state index contributed by atoms with van der Waals surface area (Å²) >= 11 is 0. The molecule has 3 rings (SSSR count). The Morgan fingerprint density at radius 3 is 2.50 bits per heavy atom. The van der Waals surface area contributed by atoms with Crippen LogP contribution in [0.1, 0.15) is 66.7 Å². The van der Waals surface area contributed by atoms with Gasteiger partial charge in [-0.25, -0.2) is 0 Å². The minimum absolute atomic E-state index is 0.0742. The quantitative estimate of drug-likeness (QED) is 0.539. The Labute approximate surface area is 179 Å². The van der Waals surface area contributed by atoms with Gasteiger partial charge in [0.15, 0.2) is 0 Å². The molecule has 0 saturated carbocycles. The number of nitrogens with zero attached hydrogens (tertiary/aromatic N) is 1. The van der Waals surface area contributed by atoms with Crippen molar-refractivity contribution in [3.63, 3.8) is 0 Å². The number of hydrogen-bond acceptors (Lipinski definition) is 5. The Bertz CT molecular complexity index is 705. The second-order valence-corrected chi connectivity index (χ2v) is 9.97. The maximum absolute atomic E-state index is 13.6. The van der Waals surface area contributed by atoms with E-state index >= 15 is 0 Å². The van der Waals surface area contributed by atoms with Gasteiger partial charge in [0.25, 0.3) is 0 Å². The molecule has 3 aliphatic rings. The summed E-state index contributed by atoms with van der Waals surface area (Å²) in [6.45, 7) is 10.4. The molecular formula is C22H37N3O5. The highest BCUT2D eigenvalue weighted by molar-refractivity contribution is 5.99. The lowest BCUT2D eigenvalue weighted by molar-refractivity contribution is -0.148. The molecule has 170 valence electrons. The Hall–Kier alpha value is -1.67. The SMILES string of the molecule is CCCNC(=O)[C@@H]1[C@H]2C(=O)N(CCCO)C(C(=O)NC(C)(C)C)C23CC[C@@]1(CC)O3. The van der Waals surface area contributed by atoms with Crippen molar-refractivity contribution in [2.45, 2.75) is 89.5 Å². The van der Waals surface area contributed by atoms with Crippen molar-refractivity contribution in [1.29, 1.82) is 0 Å². The van der Waals surface area contributed by atoms with Crippen molar-refractivity contribution in [3.8, 4) is 0 Å². The van der Waals surface area contributed by atoms with Gasteiger partial charge in [-0.1, -0.05) is 13.8 Å². The molecule has 1 spiro atoms. The number of aliphatic hydroxyl groups excluding tert-OH is 1. The number of fused-ring (bicyclic) bond motifs is 1. The molecular weight excluding hydrogens is 386 g/mol. The van der Waals surface area contributed by atoms with Gasteiger partial charge in [-0.15, -0.1) is 0 Å². The van der Waals surface area contributed by atoms with Crippen LogP contribution in [-0.4, -0.2) is 70.2 Å². The van der Waals surface area contributed by atoms with Gasteiger partial charge < -0.3 is 25.4 Å². The van der Waals surface area contributed by atoms with Crippen LogP contribution in [-0.2, 0) is 19.1 Å². The third-order valence-corrected chi connectivity index (χ3v) is 6.82. The summed E-state index contributed by atoms with van der Waals surface area (Å²) in [5, 5.41) is 15.3. The summed E-state index contributed by atoms with van der Waals surface area (Å²) in [4.78, 5) is 41.7. The van der Waals surface area contributed by atoms with E-state index in [2.05, 4.69) is 10.6 Å². The zero-order valence-electron chi connectivity index (χ0n) is 18.9. The van der Waals surface area contributed by atoms with Gasteiger partial charge in [0.1, 0.15) is 11.6 Å². The fraction of sp³-hybridized carbons (Fsp3) is 0.864. The molecule has 0 aromatic carbocycles. The summed E-state index contributed by atoms with van der Waals surface area (Å²) in [5.74, 6) is -1.88. The van der Waals surface area contributed by atoms with E-state index in [1.165, 1.54) is 0 Å². The van der Waals surface area contributed by atoms with Gasteiger partial charge >= 0.3 is 0 Å². The minimum atomic E-state index is -0.994. The molecule has 0 aliphatic carbocycles. The number of carbonyl (C=O) groups excluding carboxylic acids is 3. The van der Waals surface area contributed by atoms with Crippen LogP contribution in [0.5, 0.6) is 0 Å². The number of nitrogens with one attached hydrogen (secondary N) is 2. The van der Waals surface area contributed by atoms with Crippen molar-refractivity contribution < 1.29 is 24.2 Å².